The van der Waals surface area contributed by atoms with E-state index in [1.807, 2.05) is 45.0 Å². The van der Waals surface area contributed by atoms with Crippen LogP contribution in [-0.4, -0.2) is 11.7 Å². The zero-order valence-corrected chi connectivity index (χ0v) is 17.5. The van der Waals surface area contributed by atoms with Crippen molar-refractivity contribution in [2.75, 3.05) is 4.90 Å². The van der Waals surface area contributed by atoms with Crippen LogP contribution in [0.4, 0.5) is 10.1 Å². The summed E-state index contributed by atoms with van der Waals surface area (Å²) in [6.07, 6.45) is 1.24. The number of amides is 1. The Balaban J connectivity index is 1.92. The van der Waals surface area contributed by atoms with E-state index in [1.54, 1.807) is 11.0 Å². The van der Waals surface area contributed by atoms with Crippen LogP contribution < -0.4 is 4.90 Å². The van der Waals surface area contributed by atoms with Gasteiger partial charge in [-0.05, 0) is 48.1 Å². The monoisotopic (exact) mass is 411 g/mol. The van der Waals surface area contributed by atoms with Crippen LogP contribution in [0.15, 0.2) is 53.7 Å². The fourth-order valence-corrected chi connectivity index (χ4v) is 4.76. The molecular formula is C24H23ClFNO2. The zero-order valence-electron chi connectivity index (χ0n) is 16.8. The molecule has 0 saturated carbocycles. The standard InChI is InChI=1S/C24H23ClFNO2/c1-14-6-4-5-7-16(14)17-11-22(29)27(15-8-9-19(26)18(25)10-15)20-12-24(2,3)13-21(28)23(17)20/h4-10,17H,11-13H2,1-3H3. The van der Waals surface area contributed by atoms with Gasteiger partial charge in [-0.1, -0.05) is 49.7 Å². The third-order valence-corrected chi connectivity index (χ3v) is 6.16. The highest BCUT2D eigenvalue weighted by atomic mass is 35.5. The minimum atomic E-state index is -0.535. The van der Waals surface area contributed by atoms with E-state index in [1.165, 1.54) is 12.1 Å². The molecule has 4 rings (SSSR count). The minimum absolute atomic E-state index is 0.0418. The number of aryl methyl sites for hydroxylation is 1. The number of allylic oxidation sites excluding steroid dienone is 2. The van der Waals surface area contributed by atoms with Crippen LogP contribution in [0.2, 0.25) is 5.02 Å². The van der Waals surface area contributed by atoms with E-state index in [0.29, 0.717) is 24.1 Å². The fraction of sp³-hybridized carbons (Fsp3) is 0.333. The molecular weight excluding hydrogens is 389 g/mol. The summed E-state index contributed by atoms with van der Waals surface area (Å²) in [6.45, 7) is 6.07. The first kappa shape index (κ1) is 19.8. The summed E-state index contributed by atoms with van der Waals surface area (Å²) in [5.41, 5.74) is 3.75. The molecule has 29 heavy (non-hydrogen) atoms. The van der Waals surface area contributed by atoms with Crippen LogP contribution in [0.1, 0.15) is 50.2 Å². The fourth-order valence-electron chi connectivity index (χ4n) is 4.58. The van der Waals surface area contributed by atoms with Crippen LogP contribution in [0.3, 0.4) is 0 Å². The first-order valence-electron chi connectivity index (χ1n) is 9.78. The molecule has 1 unspecified atom stereocenters. The number of carbonyl (C=O) groups excluding carboxylic acids is 2. The summed E-state index contributed by atoms with van der Waals surface area (Å²) in [7, 11) is 0. The lowest BCUT2D eigenvalue weighted by Gasteiger charge is -2.43. The molecule has 2 aromatic carbocycles. The van der Waals surface area contributed by atoms with Gasteiger partial charge >= 0.3 is 0 Å². The average molecular weight is 412 g/mol. The Labute approximate surface area is 175 Å². The average Bonchev–Trinajstić information content (AvgIpc) is 2.63. The number of nitrogens with zero attached hydrogens (tertiary/aromatic N) is 1. The molecule has 0 aromatic heterocycles. The Morgan fingerprint density at radius 2 is 1.83 bits per heavy atom. The van der Waals surface area contributed by atoms with Gasteiger partial charge < -0.3 is 0 Å². The summed E-state index contributed by atoms with van der Waals surface area (Å²) in [6, 6.07) is 12.2. The highest BCUT2D eigenvalue weighted by Gasteiger charge is 2.44. The van der Waals surface area contributed by atoms with Crippen LogP contribution in [0, 0.1) is 18.2 Å². The lowest BCUT2D eigenvalue weighted by Crippen LogP contribution is -2.43. The summed E-state index contributed by atoms with van der Waals surface area (Å²) >= 11 is 5.99. The molecule has 3 nitrogen and oxygen atoms in total. The number of rotatable bonds is 2. The van der Waals surface area contributed by atoms with Crippen molar-refractivity contribution in [3.8, 4) is 0 Å². The molecule has 5 heteroatoms. The first-order valence-corrected chi connectivity index (χ1v) is 10.2. The van der Waals surface area contributed by atoms with Gasteiger partial charge in [0.1, 0.15) is 5.82 Å². The largest absolute Gasteiger partial charge is 0.294 e. The highest BCUT2D eigenvalue weighted by Crippen LogP contribution is 2.48. The van der Waals surface area contributed by atoms with Crippen molar-refractivity contribution in [2.45, 2.75) is 46.0 Å². The summed E-state index contributed by atoms with van der Waals surface area (Å²) < 4.78 is 13.7. The van der Waals surface area contributed by atoms with E-state index in [9.17, 15) is 14.0 Å². The molecule has 0 fully saturated rings. The maximum Gasteiger partial charge on any atom is 0.232 e. The number of Topliss-reactive ketones (excluding diaryl/α,β-unsaturated/α-hetero) is 1. The molecule has 1 aliphatic carbocycles. The van der Waals surface area contributed by atoms with Gasteiger partial charge in [0.05, 0.1) is 10.7 Å². The number of halogens is 2. The maximum atomic E-state index is 13.7. The molecule has 0 saturated heterocycles. The molecule has 0 bridgehead atoms. The van der Waals surface area contributed by atoms with Gasteiger partial charge in [0, 0.05) is 30.0 Å². The number of hydrogen-bond donors (Lipinski definition) is 0. The Bertz CT molecular complexity index is 1060. The van der Waals surface area contributed by atoms with Gasteiger partial charge in [-0.15, -0.1) is 0 Å². The molecule has 1 atom stereocenters. The number of anilines is 1. The molecule has 0 N–H and O–H groups in total. The number of carbonyl (C=O) groups is 2. The highest BCUT2D eigenvalue weighted by molar-refractivity contribution is 6.31. The van der Waals surface area contributed by atoms with Crippen LogP contribution in [0.25, 0.3) is 0 Å². The Morgan fingerprint density at radius 3 is 2.52 bits per heavy atom. The van der Waals surface area contributed by atoms with E-state index in [0.717, 1.165) is 16.8 Å². The third-order valence-electron chi connectivity index (χ3n) is 5.87. The molecule has 1 heterocycles. The molecule has 0 spiro atoms. The van der Waals surface area contributed by atoms with E-state index in [2.05, 4.69) is 0 Å². The number of benzene rings is 2. The smallest absolute Gasteiger partial charge is 0.232 e. The molecule has 2 aromatic rings. The summed E-state index contributed by atoms with van der Waals surface area (Å²) in [5.74, 6) is -0.818. The molecule has 1 amide bonds. The Morgan fingerprint density at radius 1 is 1.10 bits per heavy atom. The quantitative estimate of drug-likeness (QED) is 0.612. The topological polar surface area (TPSA) is 37.4 Å². The first-order chi connectivity index (χ1) is 13.7. The zero-order chi connectivity index (χ0) is 20.9. The SMILES string of the molecule is Cc1ccccc1C1CC(=O)N(c2ccc(F)c(Cl)c2)C2=C1C(=O)CC(C)(C)C2. The lowest BCUT2D eigenvalue weighted by molar-refractivity contribution is -0.121. The van der Waals surface area contributed by atoms with E-state index in [4.69, 9.17) is 11.6 Å². The lowest BCUT2D eigenvalue weighted by atomic mass is 9.69. The van der Waals surface area contributed by atoms with Gasteiger partial charge in [-0.2, -0.15) is 0 Å². The van der Waals surface area contributed by atoms with Crippen molar-refractivity contribution in [1.29, 1.82) is 0 Å². The predicted octanol–water partition coefficient (Wildman–Crippen LogP) is 5.95. The third kappa shape index (κ3) is 3.51. The van der Waals surface area contributed by atoms with Gasteiger partial charge in [0.25, 0.3) is 0 Å². The summed E-state index contributed by atoms with van der Waals surface area (Å²) in [4.78, 5) is 28.1. The Hall–Kier alpha value is -2.46. The maximum absolute atomic E-state index is 13.7. The van der Waals surface area contributed by atoms with Crippen LogP contribution in [-0.2, 0) is 9.59 Å². The van der Waals surface area contributed by atoms with Crippen LogP contribution >= 0.6 is 11.6 Å². The van der Waals surface area contributed by atoms with E-state index in [-0.39, 0.29) is 34.5 Å². The van der Waals surface area contributed by atoms with Crippen LogP contribution in [0.5, 0.6) is 0 Å². The van der Waals surface area contributed by atoms with Crippen molar-refractivity contribution >= 4 is 29.0 Å². The van der Waals surface area contributed by atoms with Crippen molar-refractivity contribution in [2.24, 2.45) is 5.41 Å². The molecule has 1 aliphatic heterocycles. The van der Waals surface area contributed by atoms with E-state index < -0.39 is 5.82 Å². The molecule has 150 valence electrons. The van der Waals surface area contributed by atoms with Gasteiger partial charge in [0.2, 0.25) is 5.91 Å². The molecule has 0 radical (unpaired) electrons. The van der Waals surface area contributed by atoms with Gasteiger partial charge in [-0.3, -0.25) is 14.5 Å². The second-order valence-corrected chi connectivity index (χ2v) is 9.15. The van der Waals surface area contributed by atoms with Crippen molar-refractivity contribution in [3.63, 3.8) is 0 Å². The number of ketones is 1. The minimum Gasteiger partial charge on any atom is -0.294 e. The van der Waals surface area contributed by atoms with Crippen molar-refractivity contribution < 1.29 is 14.0 Å². The van der Waals surface area contributed by atoms with Gasteiger partial charge in [0.15, 0.2) is 5.78 Å². The van der Waals surface area contributed by atoms with Crippen molar-refractivity contribution in [1.82, 2.24) is 0 Å². The van der Waals surface area contributed by atoms with Crippen molar-refractivity contribution in [3.05, 3.63) is 75.7 Å². The van der Waals surface area contributed by atoms with Gasteiger partial charge in [-0.25, -0.2) is 4.39 Å². The Kier molecular flexibility index (Phi) is 4.86. The van der Waals surface area contributed by atoms with E-state index >= 15 is 0 Å². The second kappa shape index (κ2) is 7.10. The normalized spacial score (nSPS) is 21.4. The number of hydrogen-bond acceptors (Lipinski definition) is 2. The predicted molar refractivity (Wildman–Crippen MR) is 112 cm³/mol. The molecule has 2 aliphatic rings. The summed E-state index contributed by atoms with van der Waals surface area (Å²) in [5, 5.41) is -0.0418. The second-order valence-electron chi connectivity index (χ2n) is 8.74.